The van der Waals surface area contributed by atoms with Crippen LogP contribution in [-0.2, 0) is 0 Å². The van der Waals surface area contributed by atoms with Crippen LogP contribution in [0.4, 0.5) is 0 Å². The van der Waals surface area contributed by atoms with Gasteiger partial charge in [-0.1, -0.05) is 20.8 Å². The van der Waals surface area contributed by atoms with Gasteiger partial charge in [-0.05, 0) is 30.3 Å². The van der Waals surface area contributed by atoms with Crippen molar-refractivity contribution in [1.82, 2.24) is 5.16 Å². The molecule has 0 radical (unpaired) electrons. The Hall–Kier alpha value is -1.03. The fraction of sp³-hybridized carbons (Fsp3) is 0.769. The van der Waals surface area contributed by atoms with Crippen LogP contribution in [0.15, 0.2) is 10.6 Å². The normalized spacial score (nSPS) is 13.0. The van der Waals surface area contributed by atoms with Crippen molar-refractivity contribution < 1.29 is 14.4 Å². The highest BCUT2D eigenvalue weighted by molar-refractivity contribution is 5.14. The number of hydrogen-bond donors (Lipinski definition) is 1. The number of aliphatic hydroxyl groups excluding tert-OH is 1. The van der Waals surface area contributed by atoms with E-state index < -0.39 is 0 Å². The molecule has 0 spiro atoms. The largest absolute Gasteiger partial charge is 0.476 e. The van der Waals surface area contributed by atoms with Crippen LogP contribution in [0.1, 0.15) is 51.7 Å². The van der Waals surface area contributed by atoms with Gasteiger partial charge in [0.25, 0.3) is 5.88 Å². The Morgan fingerprint density at radius 1 is 1.29 bits per heavy atom. The van der Waals surface area contributed by atoms with Crippen LogP contribution in [0.5, 0.6) is 5.88 Å². The molecule has 4 heteroatoms. The third kappa shape index (κ3) is 4.77. The van der Waals surface area contributed by atoms with Gasteiger partial charge in [-0.2, -0.15) is 0 Å². The Kier molecular flexibility index (Phi) is 6.05. The third-order valence-corrected chi connectivity index (χ3v) is 3.01. The fourth-order valence-electron chi connectivity index (χ4n) is 1.45. The number of aromatic nitrogens is 1. The van der Waals surface area contributed by atoms with E-state index in [1.807, 2.05) is 6.07 Å². The molecule has 1 rings (SSSR count). The first-order valence-electron chi connectivity index (χ1n) is 6.35. The predicted molar refractivity (Wildman–Crippen MR) is 66.2 cm³/mol. The zero-order chi connectivity index (χ0) is 12.7. The Balaban J connectivity index is 2.31. The maximum Gasteiger partial charge on any atom is 0.254 e. The summed E-state index contributed by atoms with van der Waals surface area (Å²) in [6, 6.07) is 1.87. The first-order chi connectivity index (χ1) is 8.15. The Morgan fingerprint density at radius 3 is 2.71 bits per heavy atom. The maximum absolute atomic E-state index is 8.63. The molecule has 0 saturated heterocycles. The second-order valence-electron chi connectivity index (χ2n) is 4.73. The molecule has 0 saturated carbocycles. The van der Waals surface area contributed by atoms with Gasteiger partial charge in [0.1, 0.15) is 5.76 Å². The molecule has 17 heavy (non-hydrogen) atoms. The third-order valence-electron chi connectivity index (χ3n) is 3.01. The lowest BCUT2D eigenvalue weighted by atomic mass is 9.96. The molecule has 1 N–H and O–H groups in total. The van der Waals surface area contributed by atoms with Crippen molar-refractivity contribution in [3.8, 4) is 5.88 Å². The highest BCUT2D eigenvalue weighted by Gasteiger charge is 2.15. The van der Waals surface area contributed by atoms with Gasteiger partial charge >= 0.3 is 0 Å². The molecule has 0 bridgehead atoms. The number of unbranched alkanes of at least 4 members (excludes halogenated alkanes) is 2. The van der Waals surface area contributed by atoms with Gasteiger partial charge in [-0.25, -0.2) is 0 Å². The summed E-state index contributed by atoms with van der Waals surface area (Å²) < 4.78 is 10.7. The second kappa shape index (κ2) is 7.33. The zero-order valence-electron chi connectivity index (χ0n) is 11.0. The number of hydrogen-bond acceptors (Lipinski definition) is 4. The predicted octanol–water partition coefficient (Wildman–Crippen LogP) is 2.98. The van der Waals surface area contributed by atoms with Crippen molar-refractivity contribution in [1.29, 1.82) is 0 Å². The van der Waals surface area contributed by atoms with Gasteiger partial charge in [0.05, 0.1) is 6.61 Å². The first kappa shape index (κ1) is 14.0. The fourth-order valence-corrected chi connectivity index (χ4v) is 1.45. The Labute approximate surface area is 103 Å². The van der Waals surface area contributed by atoms with E-state index in [0.29, 0.717) is 24.3 Å². The molecule has 0 aliphatic carbocycles. The molecular weight excluding hydrogens is 218 g/mol. The monoisotopic (exact) mass is 241 g/mol. The number of rotatable bonds is 8. The highest BCUT2D eigenvalue weighted by atomic mass is 16.5. The summed E-state index contributed by atoms with van der Waals surface area (Å²) in [6.07, 6.45) is 2.74. The summed E-state index contributed by atoms with van der Waals surface area (Å²) in [6.45, 7) is 7.31. The van der Waals surface area contributed by atoms with Crippen LogP contribution >= 0.6 is 0 Å². The van der Waals surface area contributed by atoms with Crippen LogP contribution in [-0.4, -0.2) is 23.5 Å². The zero-order valence-corrected chi connectivity index (χ0v) is 11.0. The maximum atomic E-state index is 8.63. The van der Waals surface area contributed by atoms with Crippen molar-refractivity contribution in [3.05, 3.63) is 11.8 Å². The molecule has 0 fully saturated rings. The van der Waals surface area contributed by atoms with Crippen LogP contribution in [0, 0.1) is 5.92 Å². The van der Waals surface area contributed by atoms with Gasteiger partial charge in [-0.3, -0.25) is 0 Å². The van der Waals surface area contributed by atoms with E-state index >= 15 is 0 Å². The average molecular weight is 241 g/mol. The molecule has 98 valence electrons. The van der Waals surface area contributed by atoms with E-state index in [4.69, 9.17) is 14.4 Å². The summed E-state index contributed by atoms with van der Waals surface area (Å²) in [7, 11) is 0. The first-order valence-corrected chi connectivity index (χ1v) is 6.35. The van der Waals surface area contributed by atoms with Gasteiger partial charge in [0.2, 0.25) is 0 Å². The standard InChI is InChI=1S/C13H23NO3/c1-10(2)11(3)12-9-13(14-17-12)16-8-6-4-5-7-15/h9-11,15H,4-8H2,1-3H3. The Bertz CT molecular complexity index is 309. The minimum atomic E-state index is 0.250. The van der Waals surface area contributed by atoms with Crippen LogP contribution in [0.2, 0.25) is 0 Å². The minimum absolute atomic E-state index is 0.250. The van der Waals surface area contributed by atoms with E-state index in [0.717, 1.165) is 25.0 Å². The number of ether oxygens (including phenoxy) is 1. The number of aliphatic hydroxyl groups is 1. The molecule has 0 aliphatic heterocycles. The molecule has 1 aromatic heterocycles. The average Bonchev–Trinajstić information content (AvgIpc) is 2.76. The summed E-state index contributed by atoms with van der Waals surface area (Å²) in [4.78, 5) is 0. The smallest absolute Gasteiger partial charge is 0.254 e. The van der Waals surface area contributed by atoms with Gasteiger partial charge < -0.3 is 14.4 Å². The number of nitrogens with zero attached hydrogens (tertiary/aromatic N) is 1. The molecular formula is C13H23NO3. The SMILES string of the molecule is CC(C)C(C)c1cc(OCCCCCO)no1. The summed E-state index contributed by atoms with van der Waals surface area (Å²) in [5.41, 5.74) is 0. The van der Waals surface area contributed by atoms with Crippen molar-refractivity contribution in [2.24, 2.45) is 5.92 Å². The van der Waals surface area contributed by atoms with E-state index in [-0.39, 0.29) is 6.61 Å². The van der Waals surface area contributed by atoms with E-state index in [9.17, 15) is 0 Å². The lowest BCUT2D eigenvalue weighted by Crippen LogP contribution is -2.00. The molecule has 4 nitrogen and oxygen atoms in total. The quantitative estimate of drug-likeness (QED) is 0.711. The van der Waals surface area contributed by atoms with Crippen molar-refractivity contribution >= 4 is 0 Å². The molecule has 1 aromatic rings. The van der Waals surface area contributed by atoms with E-state index in [1.165, 1.54) is 0 Å². The molecule has 0 aliphatic rings. The lowest BCUT2D eigenvalue weighted by molar-refractivity contribution is 0.250. The van der Waals surface area contributed by atoms with Gasteiger partial charge in [0, 0.05) is 18.6 Å². The van der Waals surface area contributed by atoms with Crippen molar-refractivity contribution in [2.45, 2.75) is 46.0 Å². The van der Waals surface area contributed by atoms with Gasteiger partial charge in [0.15, 0.2) is 0 Å². The van der Waals surface area contributed by atoms with Gasteiger partial charge in [-0.15, -0.1) is 0 Å². The highest BCUT2D eigenvalue weighted by Crippen LogP contribution is 2.26. The molecule has 1 heterocycles. The van der Waals surface area contributed by atoms with Crippen LogP contribution < -0.4 is 4.74 Å². The molecule has 1 atom stereocenters. The van der Waals surface area contributed by atoms with Crippen molar-refractivity contribution in [2.75, 3.05) is 13.2 Å². The topological polar surface area (TPSA) is 55.5 Å². The van der Waals surface area contributed by atoms with Crippen molar-refractivity contribution in [3.63, 3.8) is 0 Å². The van der Waals surface area contributed by atoms with Crippen LogP contribution in [0.25, 0.3) is 0 Å². The summed E-state index contributed by atoms with van der Waals surface area (Å²) in [5.74, 6) is 2.33. The minimum Gasteiger partial charge on any atom is -0.476 e. The van der Waals surface area contributed by atoms with E-state index in [1.54, 1.807) is 0 Å². The summed E-state index contributed by atoms with van der Waals surface area (Å²) >= 11 is 0. The second-order valence-corrected chi connectivity index (χ2v) is 4.73. The van der Waals surface area contributed by atoms with Crippen LogP contribution in [0.3, 0.4) is 0 Å². The summed E-state index contributed by atoms with van der Waals surface area (Å²) in [5, 5.41) is 12.5. The molecule has 0 amide bonds. The lowest BCUT2D eigenvalue weighted by Gasteiger charge is -2.10. The molecule has 0 aromatic carbocycles. The van der Waals surface area contributed by atoms with E-state index in [2.05, 4.69) is 25.9 Å². The molecule has 1 unspecified atom stereocenters. The Morgan fingerprint density at radius 2 is 2.06 bits per heavy atom.